The largest absolute Gasteiger partial charge is 0.345 e. The molecule has 0 saturated carbocycles. The third kappa shape index (κ3) is 10.3. The van der Waals surface area contributed by atoms with E-state index in [9.17, 15) is 0 Å². The average molecular weight is 1140 g/mol. The highest BCUT2D eigenvalue weighted by molar-refractivity contribution is 6.34. The van der Waals surface area contributed by atoms with Crippen molar-refractivity contribution in [1.29, 1.82) is 0 Å². The summed E-state index contributed by atoms with van der Waals surface area (Å²) < 4.78 is 0. The molecule has 0 heterocycles. The molecule has 0 N–H and O–H groups in total. The van der Waals surface area contributed by atoms with Crippen molar-refractivity contribution in [2.45, 2.75) is 6.92 Å². The Morgan fingerprint density at radius 3 is 0.978 bits per heavy atom. The van der Waals surface area contributed by atoms with Gasteiger partial charge in [-0.1, -0.05) is 236 Å². The minimum absolute atomic E-state index is 1.12. The molecule has 0 aliphatic rings. The average Bonchev–Trinajstić information content (AvgIpc) is 0.782. The van der Waals surface area contributed by atoms with Crippen LogP contribution in [0.1, 0.15) is 5.56 Å². The third-order valence-electron chi connectivity index (χ3n) is 17.8. The molecule has 0 amide bonds. The van der Waals surface area contributed by atoms with Gasteiger partial charge in [-0.3, -0.25) is 0 Å². The van der Waals surface area contributed by atoms with Gasteiger partial charge in [-0.15, -0.1) is 0 Å². The highest BCUT2D eigenvalue weighted by Gasteiger charge is 2.20. The van der Waals surface area contributed by atoms with Crippen molar-refractivity contribution < 1.29 is 0 Å². The fraction of sp³-hybridized carbons (Fsp3) is 0.0353. The molecule has 4 heteroatoms. The predicted octanol–water partition coefficient (Wildman–Crippen LogP) is 23.8. The predicted molar refractivity (Wildman–Crippen MR) is 383 cm³/mol. The number of anilines is 10. The van der Waals surface area contributed by atoms with Gasteiger partial charge in [0.2, 0.25) is 0 Å². The summed E-state index contributed by atoms with van der Waals surface area (Å²) in [5.41, 5.74) is 17.6. The van der Waals surface area contributed by atoms with Gasteiger partial charge in [-0.25, -0.2) is 0 Å². The van der Waals surface area contributed by atoms with Gasteiger partial charge >= 0.3 is 0 Å². The molecule has 16 rings (SSSR count). The summed E-state index contributed by atoms with van der Waals surface area (Å²) in [6, 6.07) is 120. The second-order valence-electron chi connectivity index (χ2n) is 23.0. The number of hydrogen-bond donors (Lipinski definition) is 0. The molecule has 16 aromatic carbocycles. The minimum Gasteiger partial charge on any atom is -0.345 e. The molecule has 0 atom stereocenters. The minimum atomic E-state index is 1.12. The van der Waals surface area contributed by atoms with E-state index in [1.54, 1.807) is 0 Å². The highest BCUT2D eigenvalue weighted by atomic mass is 15.2. The zero-order chi connectivity index (χ0) is 59.8. The lowest BCUT2D eigenvalue weighted by Crippen LogP contribution is -2.10. The topological polar surface area (TPSA) is 13.0 Å². The molecule has 0 spiro atoms. The number of fused-ring (bicyclic) bond motifs is 4. The fourth-order valence-electron chi connectivity index (χ4n) is 13.2. The van der Waals surface area contributed by atoms with Gasteiger partial charge < -0.3 is 19.6 Å². The van der Waals surface area contributed by atoms with Gasteiger partial charge in [0.15, 0.2) is 0 Å². The summed E-state index contributed by atoms with van der Waals surface area (Å²) in [5.74, 6) is 0. The molecule has 0 aliphatic carbocycles. The first-order valence-electron chi connectivity index (χ1n) is 30.6. The summed E-state index contributed by atoms with van der Waals surface area (Å²) in [6.07, 6.45) is 0. The number of aryl methyl sites for hydroxylation is 1. The first kappa shape index (κ1) is 54.2. The quantitative estimate of drug-likeness (QED) is 0.0893. The Bertz CT molecular complexity index is 5080. The van der Waals surface area contributed by atoms with Crippen LogP contribution >= 0.6 is 0 Å². The second-order valence-corrected chi connectivity index (χ2v) is 23.0. The van der Waals surface area contributed by atoms with E-state index in [1.165, 1.54) is 121 Å². The van der Waals surface area contributed by atoms with Gasteiger partial charge in [0.05, 0.1) is 11.4 Å². The Morgan fingerprint density at radius 1 is 0.191 bits per heavy atom. The molecular weight excluding hydrogens is 1080 g/mol. The van der Waals surface area contributed by atoms with E-state index >= 15 is 0 Å². The maximum absolute atomic E-state index is 2.35. The van der Waals surface area contributed by atoms with Gasteiger partial charge in [-0.05, 0) is 181 Å². The lowest BCUT2D eigenvalue weighted by Gasteiger charge is -2.27. The van der Waals surface area contributed by atoms with E-state index < -0.39 is 0 Å². The number of para-hydroxylation sites is 2. The Morgan fingerprint density at radius 2 is 0.506 bits per heavy atom. The molecule has 424 valence electrons. The van der Waals surface area contributed by atoms with E-state index in [0.29, 0.717) is 0 Å². The van der Waals surface area contributed by atoms with E-state index in [2.05, 4.69) is 374 Å². The van der Waals surface area contributed by atoms with E-state index in [4.69, 9.17) is 0 Å². The van der Waals surface area contributed by atoms with Gasteiger partial charge in [0.1, 0.15) is 0 Å². The summed E-state index contributed by atoms with van der Waals surface area (Å²) in [7, 11) is 4.29. The molecule has 4 nitrogen and oxygen atoms in total. The highest BCUT2D eigenvalue weighted by Crippen LogP contribution is 2.46. The molecule has 0 saturated heterocycles. The number of rotatable bonds is 12. The Balaban J connectivity index is 0.000000156. The van der Waals surface area contributed by atoms with Crippen molar-refractivity contribution in [3.05, 3.63) is 339 Å². The molecule has 0 fully saturated rings. The van der Waals surface area contributed by atoms with Crippen molar-refractivity contribution in [2.24, 2.45) is 0 Å². The number of hydrogen-bond acceptors (Lipinski definition) is 4. The van der Waals surface area contributed by atoms with Crippen LogP contribution in [0.25, 0.3) is 86.9 Å². The van der Waals surface area contributed by atoms with Crippen LogP contribution in [0.5, 0.6) is 0 Å². The molecule has 0 unspecified atom stereocenters. The van der Waals surface area contributed by atoms with Crippen molar-refractivity contribution in [3.8, 4) is 22.3 Å². The molecule has 0 aromatic heterocycles. The molecule has 0 aliphatic heterocycles. The molecule has 89 heavy (non-hydrogen) atoms. The Kier molecular flexibility index (Phi) is 14.3. The maximum atomic E-state index is 2.35. The maximum Gasteiger partial charge on any atom is 0.0540 e. The SMILES string of the molecule is CN(c1ccc(-c2ccc(N(c3ccccc3)c3cccc4ccccc34)cc2)cc1)c1ccc2c3cccc4cccc(c5cccc1c52)c43.Cc1ccc(N(C)c2ccc(-c3ccc(N(c4ccccc4)c4cccc5ccccc45)cc3)cc2)cc1. The Labute approximate surface area is 520 Å². The van der Waals surface area contributed by atoms with Gasteiger partial charge in [-0.2, -0.15) is 0 Å². The monoisotopic (exact) mass is 1140 g/mol. The molecule has 0 bridgehead atoms. The first-order chi connectivity index (χ1) is 43.9. The standard InChI is InChI=1S/C49H34N2.C36H30N2/c1-50(46-32-31-44-42-19-8-14-36-13-7-18-41(48(36)42)43-20-10-21-45(46)49(43)44)37-27-23-33(24-28-37)34-25-29-39(30-26-34)51(38-15-3-2-4-16-38)47-22-9-12-35-11-5-6-17-40(35)47;1-27-15-21-31(22-16-27)37(2)32-23-17-28(18-24-32)29-19-25-34(26-20-29)38(33-11-4-3-5-12-33)36-14-8-10-30-9-6-7-13-35(30)36/h2-32H,1H3;3-26H,1-2H3. The van der Waals surface area contributed by atoms with Crippen molar-refractivity contribution in [1.82, 2.24) is 0 Å². The Hall–Kier alpha value is -11.5. The van der Waals surface area contributed by atoms with Crippen LogP contribution in [0.4, 0.5) is 56.9 Å². The molecule has 16 aromatic rings. The molecular formula is C85H64N4. The van der Waals surface area contributed by atoms with Crippen LogP contribution in [0, 0.1) is 6.92 Å². The van der Waals surface area contributed by atoms with E-state index in [-0.39, 0.29) is 0 Å². The summed E-state index contributed by atoms with van der Waals surface area (Å²) in [4.78, 5) is 9.22. The zero-order valence-corrected chi connectivity index (χ0v) is 50.0. The number of benzene rings is 16. The van der Waals surface area contributed by atoms with Crippen LogP contribution in [0.3, 0.4) is 0 Å². The van der Waals surface area contributed by atoms with Gasteiger partial charge in [0.25, 0.3) is 0 Å². The van der Waals surface area contributed by atoms with Crippen molar-refractivity contribution in [3.63, 3.8) is 0 Å². The van der Waals surface area contributed by atoms with Crippen molar-refractivity contribution in [2.75, 3.05) is 33.7 Å². The fourth-order valence-corrected chi connectivity index (χ4v) is 13.2. The number of nitrogens with zero attached hydrogens (tertiary/aromatic N) is 4. The summed E-state index contributed by atoms with van der Waals surface area (Å²) in [6.45, 7) is 2.12. The normalized spacial score (nSPS) is 11.3. The zero-order valence-electron chi connectivity index (χ0n) is 50.0. The first-order valence-corrected chi connectivity index (χ1v) is 30.6. The summed E-state index contributed by atoms with van der Waals surface area (Å²) >= 11 is 0. The van der Waals surface area contributed by atoms with E-state index in [0.717, 1.165) is 28.4 Å². The van der Waals surface area contributed by atoms with Crippen LogP contribution < -0.4 is 19.6 Å². The lowest BCUT2D eigenvalue weighted by molar-refractivity contribution is 1.20. The van der Waals surface area contributed by atoms with E-state index in [1.807, 2.05) is 0 Å². The second kappa shape index (κ2) is 23.4. The van der Waals surface area contributed by atoms with Crippen LogP contribution in [0.2, 0.25) is 0 Å². The van der Waals surface area contributed by atoms with Crippen molar-refractivity contribution >= 4 is 122 Å². The third-order valence-corrected chi connectivity index (χ3v) is 17.8. The van der Waals surface area contributed by atoms with Crippen LogP contribution in [-0.4, -0.2) is 14.1 Å². The molecule has 0 radical (unpaired) electrons. The van der Waals surface area contributed by atoms with Crippen LogP contribution in [0.15, 0.2) is 334 Å². The smallest absolute Gasteiger partial charge is 0.0540 e. The van der Waals surface area contributed by atoms with Gasteiger partial charge in [0, 0.05) is 75.8 Å². The summed E-state index contributed by atoms with van der Waals surface area (Å²) in [5, 5.41) is 15.4. The van der Waals surface area contributed by atoms with Crippen LogP contribution in [-0.2, 0) is 0 Å². The lowest BCUT2D eigenvalue weighted by atomic mass is 9.89.